The summed E-state index contributed by atoms with van der Waals surface area (Å²) in [5, 5.41) is 25.0. The van der Waals surface area contributed by atoms with Crippen LogP contribution in [0.2, 0.25) is 0 Å². The first-order valence-electron chi connectivity index (χ1n) is 31.1. The normalized spacial score (nSPS) is 17.8. The van der Waals surface area contributed by atoms with Crippen LogP contribution in [0.15, 0.2) is 21.3 Å². The maximum atomic E-state index is 14.4. The summed E-state index contributed by atoms with van der Waals surface area (Å²) < 4.78 is 17.0. The number of likely N-dealkylation sites (N-methyl/N-ethyl adjacent to an activating group) is 4. The van der Waals surface area contributed by atoms with Crippen LogP contribution in [0.5, 0.6) is 0 Å². The summed E-state index contributed by atoms with van der Waals surface area (Å²) in [6, 6.07) is -7.10. The number of amides is 8. The van der Waals surface area contributed by atoms with Gasteiger partial charge in [0.25, 0.3) is 0 Å². The van der Waals surface area contributed by atoms with E-state index in [9.17, 15) is 72.5 Å². The smallest absolute Gasteiger partial charge is 0.350 e. The molecule has 2 saturated heterocycles. The summed E-state index contributed by atoms with van der Waals surface area (Å²) >= 11 is 0. The van der Waals surface area contributed by atoms with Gasteiger partial charge in [0.2, 0.25) is 52.7 Å². The van der Waals surface area contributed by atoms with Crippen molar-refractivity contribution in [3.8, 4) is 11.5 Å². The number of fused-ring (bicyclic) bond motifs is 2. The van der Waals surface area contributed by atoms with E-state index in [-0.39, 0.29) is 48.4 Å². The van der Waals surface area contributed by atoms with Crippen LogP contribution in [0.3, 0.4) is 0 Å². The molecule has 1 aliphatic carbocycles. The Bertz CT molecular complexity index is 3400. The molecule has 0 saturated carbocycles. The fraction of sp³-hybridized carbons (Fsp3) is 0.619. The van der Waals surface area contributed by atoms with Crippen LogP contribution in [-0.2, 0) is 57.4 Å². The Balaban J connectivity index is 1.35. The summed E-state index contributed by atoms with van der Waals surface area (Å²) in [5.41, 5.74) is 14.6. The number of aromatic nitrogens is 1. The molecule has 10 N–H and O–H groups in total. The molecule has 0 bridgehead atoms. The lowest BCUT2D eigenvalue weighted by Crippen LogP contribution is -2.59. The van der Waals surface area contributed by atoms with Gasteiger partial charge < -0.3 is 81.3 Å². The van der Waals surface area contributed by atoms with Crippen LogP contribution in [0.4, 0.5) is 5.69 Å². The Kier molecular flexibility index (Phi) is 25.4. The Labute approximate surface area is 539 Å². The maximum absolute atomic E-state index is 14.4. The van der Waals surface area contributed by atoms with Gasteiger partial charge in [-0.15, -0.1) is 0 Å². The molecule has 11 atom stereocenters. The SMILES string of the molecule is CC[C@H](C)[C@@H](NC(=O)[C@@H](N)[C@@H](C)O)C(=O)N1CCC[C@H]1C(=O)N(C)CC(=O)N(C)[C@H](C(=O)OC(=O)c1c2nc3c(C(=O)OC(=O)[C@H](C(C)C)N(C)C(=O)CN(C)C(=O)[C@@H]4CCCN4C(=O)[C@H](NC(=O)[C@@H](N)[C@@H](C)O)C(C)C)ccc(C)c3oc-2c(C)c(=O)c1N)C(C)C. The average Bonchev–Trinajstić information content (AvgIpc) is 1.23. The second-order valence-electron chi connectivity index (χ2n) is 25.4. The Morgan fingerprint density at radius 2 is 1.10 bits per heavy atom. The molecule has 3 heterocycles. The molecule has 1 aromatic carbocycles. The minimum atomic E-state index is -1.51. The number of carbonyl (C=O) groups excluding carboxylic acids is 12. The molecule has 0 spiro atoms. The van der Waals surface area contributed by atoms with Crippen molar-refractivity contribution in [2.24, 2.45) is 35.1 Å². The van der Waals surface area contributed by atoms with E-state index < -0.39 is 196 Å². The monoisotopic (exact) mass is 1300 g/mol. The summed E-state index contributed by atoms with van der Waals surface area (Å²) in [4.78, 5) is 192. The van der Waals surface area contributed by atoms with Crippen molar-refractivity contribution < 1.29 is 81.6 Å². The molecule has 30 nitrogen and oxygen atoms in total. The minimum Gasteiger partial charge on any atom is -0.452 e. The summed E-state index contributed by atoms with van der Waals surface area (Å²) in [6.07, 6.45) is -0.603. The van der Waals surface area contributed by atoms with E-state index in [1.165, 1.54) is 70.9 Å². The standard InChI is InChI=1S/C63H92N12O18/c1-17-31(8)46(69-55(82)43(65)35(12)77)59(86)75-25-19-21-38(75)57(84)71(14)27-40(79)73(16)50(30(6)7)63(90)93-61(88)41-44(66)51(80)33(10)53-48(41)67-47-36(23-22-32(9)52(47)91-53)60(87)92-62(89)49(29(4)5)72(15)39(78)26-70(13)56(83)37-20-18-24-74(37)58(85)45(28(2)3)68-54(81)42(64)34(11)76/h22-23,28-31,34-35,37-38,42-43,45-46,49-50,76-77H,17-21,24-27,64-66H2,1-16H3,(H,68,81)(H,69,82)/t31-,34+,35+,37-,38-,42-,43-,45+,46+,49-,50-/m0/s1. The molecule has 3 aliphatic heterocycles. The van der Waals surface area contributed by atoms with Gasteiger partial charge >= 0.3 is 23.9 Å². The van der Waals surface area contributed by atoms with Gasteiger partial charge in [0.15, 0.2) is 11.3 Å². The van der Waals surface area contributed by atoms with Crippen LogP contribution in [0.25, 0.3) is 22.6 Å². The zero-order chi connectivity index (χ0) is 70.3. The molecule has 4 aliphatic rings. The van der Waals surface area contributed by atoms with Crippen LogP contribution >= 0.6 is 0 Å². The van der Waals surface area contributed by atoms with Crippen molar-refractivity contribution in [2.45, 2.75) is 176 Å². The Hall–Kier alpha value is -8.48. The molecule has 512 valence electrons. The van der Waals surface area contributed by atoms with Crippen molar-refractivity contribution in [2.75, 3.05) is 60.1 Å². The Morgan fingerprint density at radius 3 is 1.52 bits per heavy atom. The highest BCUT2D eigenvalue weighted by Gasteiger charge is 2.45. The van der Waals surface area contributed by atoms with Gasteiger partial charge in [0, 0.05) is 46.8 Å². The van der Waals surface area contributed by atoms with Gasteiger partial charge in [0.1, 0.15) is 65.1 Å². The van der Waals surface area contributed by atoms with Crippen molar-refractivity contribution in [1.82, 2.24) is 45.0 Å². The predicted octanol–water partition coefficient (Wildman–Crippen LogP) is -0.189. The number of carbonyl (C=O) groups is 12. The topological polar surface area (TPSA) is 428 Å². The third kappa shape index (κ3) is 16.7. The summed E-state index contributed by atoms with van der Waals surface area (Å²) in [6.45, 7) is 17.9. The van der Waals surface area contributed by atoms with Gasteiger partial charge in [-0.2, -0.15) is 0 Å². The van der Waals surface area contributed by atoms with Gasteiger partial charge in [-0.3, -0.25) is 43.2 Å². The molecular formula is C63H92N12O18. The zero-order valence-electron chi connectivity index (χ0n) is 55.9. The highest BCUT2D eigenvalue weighted by atomic mass is 16.6. The second-order valence-corrected chi connectivity index (χ2v) is 25.4. The lowest BCUT2D eigenvalue weighted by Gasteiger charge is -2.34. The van der Waals surface area contributed by atoms with Crippen molar-refractivity contribution >= 4 is 87.9 Å². The highest BCUT2D eigenvalue weighted by Crippen LogP contribution is 2.36. The fourth-order valence-electron chi connectivity index (χ4n) is 11.4. The van der Waals surface area contributed by atoms with Crippen molar-refractivity contribution in [3.63, 3.8) is 0 Å². The van der Waals surface area contributed by atoms with Gasteiger partial charge in [-0.25, -0.2) is 24.2 Å². The lowest BCUT2D eigenvalue weighted by molar-refractivity contribution is -0.153. The molecule has 0 aromatic heterocycles. The molecule has 0 radical (unpaired) electrons. The number of nitrogens with zero attached hydrogens (tertiary/aromatic N) is 7. The number of aryl methyl sites for hydroxylation is 1. The third-order valence-electron chi connectivity index (χ3n) is 17.4. The minimum absolute atomic E-state index is 0.103. The molecule has 1 aromatic rings. The number of aliphatic hydroxyl groups excluding tert-OH is 2. The number of anilines is 1. The van der Waals surface area contributed by atoms with E-state index in [1.807, 2.05) is 6.92 Å². The van der Waals surface area contributed by atoms with Crippen LogP contribution in [0.1, 0.15) is 133 Å². The number of benzene rings is 2. The number of aliphatic hydroxyl groups is 2. The number of ether oxygens (including phenoxy) is 2. The molecule has 30 heteroatoms. The number of nitrogens with one attached hydrogen (secondary N) is 2. The van der Waals surface area contributed by atoms with Crippen LogP contribution < -0.4 is 33.3 Å². The van der Waals surface area contributed by atoms with E-state index in [0.717, 1.165) is 19.6 Å². The van der Waals surface area contributed by atoms with E-state index in [0.29, 0.717) is 24.8 Å². The lowest BCUT2D eigenvalue weighted by atomic mass is 9.96. The molecule has 0 unspecified atom stereocenters. The van der Waals surface area contributed by atoms with Gasteiger partial charge in [-0.1, -0.05) is 67.9 Å². The van der Waals surface area contributed by atoms with E-state index in [4.69, 9.17) is 31.1 Å². The maximum Gasteiger partial charge on any atom is 0.350 e. The number of nitrogen functional groups attached to an aromatic ring is 1. The largest absolute Gasteiger partial charge is 0.452 e. The molecular weight excluding hydrogens is 1210 g/mol. The number of rotatable bonds is 25. The van der Waals surface area contributed by atoms with E-state index in [2.05, 4.69) is 15.6 Å². The third-order valence-corrected chi connectivity index (χ3v) is 17.4. The Morgan fingerprint density at radius 1 is 0.667 bits per heavy atom. The molecule has 8 amide bonds. The van der Waals surface area contributed by atoms with E-state index >= 15 is 0 Å². The second kappa shape index (κ2) is 31.4. The first-order chi connectivity index (χ1) is 43.3. The van der Waals surface area contributed by atoms with Gasteiger partial charge in [0.05, 0.1) is 36.5 Å². The molecule has 93 heavy (non-hydrogen) atoms. The number of hydrogen-bond donors (Lipinski definition) is 7. The average molecular weight is 1310 g/mol. The van der Waals surface area contributed by atoms with Gasteiger partial charge in [-0.05, 0) is 88.7 Å². The van der Waals surface area contributed by atoms with E-state index in [1.54, 1.807) is 55.4 Å². The summed E-state index contributed by atoms with van der Waals surface area (Å²) in [5.74, 6) is -13.2. The number of esters is 4. The quantitative estimate of drug-likeness (QED) is 0.0250. The predicted molar refractivity (Wildman–Crippen MR) is 337 cm³/mol. The number of nitrogens with two attached hydrogens (primary N) is 3. The summed E-state index contributed by atoms with van der Waals surface area (Å²) in [7, 11) is 5.20. The fourth-order valence-corrected chi connectivity index (χ4v) is 11.4. The number of hydrogen-bond acceptors (Lipinski definition) is 22. The van der Waals surface area contributed by atoms with Crippen molar-refractivity contribution in [3.05, 3.63) is 44.6 Å². The number of likely N-dealkylation sites (tertiary alicyclic amines) is 2. The van der Waals surface area contributed by atoms with Crippen LogP contribution in [0, 0.1) is 37.5 Å². The van der Waals surface area contributed by atoms with Crippen LogP contribution in [-0.4, -0.2) is 231 Å². The zero-order valence-corrected chi connectivity index (χ0v) is 55.9. The molecule has 2 fully saturated rings. The highest BCUT2D eigenvalue weighted by molar-refractivity contribution is 6.10. The first-order valence-corrected chi connectivity index (χ1v) is 31.1. The first kappa shape index (κ1) is 75.2. The molecule has 5 rings (SSSR count). The van der Waals surface area contributed by atoms with Crippen molar-refractivity contribution in [1.29, 1.82) is 0 Å².